The molecule has 0 spiro atoms. The van der Waals surface area contributed by atoms with E-state index in [1.807, 2.05) is 30.3 Å². The van der Waals surface area contributed by atoms with Gasteiger partial charge in [-0.25, -0.2) is 0 Å². The van der Waals surface area contributed by atoms with E-state index in [0.29, 0.717) is 40.6 Å². The van der Waals surface area contributed by atoms with Crippen molar-refractivity contribution in [2.75, 3.05) is 6.61 Å². The predicted molar refractivity (Wildman–Crippen MR) is 132 cm³/mol. The van der Waals surface area contributed by atoms with Crippen molar-refractivity contribution in [2.24, 2.45) is 5.92 Å². The highest BCUT2D eigenvalue weighted by Gasteiger charge is 2.43. The van der Waals surface area contributed by atoms with E-state index in [9.17, 15) is 9.59 Å². The summed E-state index contributed by atoms with van der Waals surface area (Å²) in [5.41, 5.74) is 1.28. The van der Waals surface area contributed by atoms with Crippen LogP contribution in [0.1, 0.15) is 53.8 Å². The lowest BCUT2D eigenvalue weighted by atomic mass is 9.98. The van der Waals surface area contributed by atoms with Gasteiger partial charge in [0.05, 0.1) is 36.4 Å². The Kier molecular flexibility index (Phi) is 6.04. The fourth-order valence-corrected chi connectivity index (χ4v) is 4.62. The van der Waals surface area contributed by atoms with Crippen LogP contribution in [0.2, 0.25) is 0 Å². The zero-order chi connectivity index (χ0) is 23.8. The third-order valence-corrected chi connectivity index (χ3v) is 6.47. The van der Waals surface area contributed by atoms with E-state index in [2.05, 4.69) is 29.8 Å². The molecule has 6 nitrogen and oxygen atoms in total. The topological polar surface area (TPSA) is 72.9 Å². The maximum atomic E-state index is 13.7. The Morgan fingerprint density at radius 2 is 1.94 bits per heavy atom. The largest absolute Gasteiger partial charge is 0.494 e. The van der Waals surface area contributed by atoms with E-state index >= 15 is 0 Å². The van der Waals surface area contributed by atoms with Gasteiger partial charge >= 0.3 is 0 Å². The number of furan rings is 1. The summed E-state index contributed by atoms with van der Waals surface area (Å²) in [5.74, 6) is 1.58. The molecule has 7 heteroatoms. The summed E-state index contributed by atoms with van der Waals surface area (Å²) >= 11 is 3.43. The first-order valence-corrected chi connectivity index (χ1v) is 12.0. The number of carbonyl (C=O) groups is 1. The Labute approximate surface area is 205 Å². The van der Waals surface area contributed by atoms with Gasteiger partial charge < -0.3 is 18.5 Å². The molecule has 174 valence electrons. The van der Waals surface area contributed by atoms with E-state index < -0.39 is 6.04 Å². The molecule has 3 heterocycles. The van der Waals surface area contributed by atoms with Gasteiger partial charge in [-0.2, -0.15) is 0 Å². The number of amides is 1. The van der Waals surface area contributed by atoms with Gasteiger partial charge in [-0.1, -0.05) is 41.9 Å². The minimum absolute atomic E-state index is 0.0718. The molecule has 1 atom stereocenters. The highest BCUT2D eigenvalue weighted by molar-refractivity contribution is 9.10. The molecule has 0 bridgehead atoms. The Balaban J connectivity index is 1.63. The quantitative estimate of drug-likeness (QED) is 0.284. The molecule has 0 fully saturated rings. The number of hydrogen-bond donors (Lipinski definition) is 0. The summed E-state index contributed by atoms with van der Waals surface area (Å²) in [7, 11) is 0. The van der Waals surface area contributed by atoms with Gasteiger partial charge in [0.25, 0.3) is 5.91 Å². The first kappa shape index (κ1) is 22.5. The fraction of sp³-hybridized carbons (Fsp3) is 0.259. The molecule has 0 saturated heterocycles. The number of fused-ring (bicyclic) bond motifs is 2. The van der Waals surface area contributed by atoms with Gasteiger partial charge in [0.15, 0.2) is 5.43 Å². The summed E-state index contributed by atoms with van der Waals surface area (Å²) in [6, 6.07) is 15.7. The monoisotopic (exact) mass is 521 g/mol. The van der Waals surface area contributed by atoms with E-state index in [1.165, 1.54) is 0 Å². The molecule has 0 N–H and O–H groups in total. The second-order valence-electron chi connectivity index (χ2n) is 8.83. The van der Waals surface area contributed by atoms with Crippen molar-refractivity contribution in [1.82, 2.24) is 4.90 Å². The molecular weight excluding hydrogens is 498 g/mol. The first-order valence-electron chi connectivity index (χ1n) is 11.2. The van der Waals surface area contributed by atoms with Crippen molar-refractivity contribution < 1.29 is 18.4 Å². The highest BCUT2D eigenvalue weighted by Crippen LogP contribution is 2.40. The molecule has 4 aromatic rings. The Bertz CT molecular complexity index is 1410. The van der Waals surface area contributed by atoms with Crippen molar-refractivity contribution in [2.45, 2.75) is 32.9 Å². The molecule has 2 aromatic carbocycles. The maximum Gasteiger partial charge on any atom is 0.291 e. The van der Waals surface area contributed by atoms with Gasteiger partial charge in [-0.15, -0.1) is 0 Å². The molecule has 5 rings (SSSR count). The molecule has 0 saturated carbocycles. The lowest BCUT2D eigenvalue weighted by molar-refractivity contribution is 0.0701. The molecule has 0 radical (unpaired) electrons. The summed E-state index contributed by atoms with van der Waals surface area (Å²) in [4.78, 5) is 28.8. The van der Waals surface area contributed by atoms with Gasteiger partial charge in [0.1, 0.15) is 17.1 Å². The molecule has 2 aromatic heterocycles. The lowest BCUT2D eigenvalue weighted by Crippen LogP contribution is -2.29. The van der Waals surface area contributed by atoms with Crippen LogP contribution in [0.3, 0.4) is 0 Å². The molecule has 0 aliphatic carbocycles. The molecule has 1 aliphatic rings. The van der Waals surface area contributed by atoms with Crippen LogP contribution in [0.15, 0.2) is 79.0 Å². The van der Waals surface area contributed by atoms with Crippen molar-refractivity contribution >= 4 is 32.8 Å². The smallest absolute Gasteiger partial charge is 0.291 e. The van der Waals surface area contributed by atoms with Crippen LogP contribution in [0.4, 0.5) is 0 Å². The second-order valence-corrected chi connectivity index (χ2v) is 9.75. The molecular formula is C27H24BrNO5. The minimum atomic E-state index is -0.624. The fourth-order valence-electron chi connectivity index (χ4n) is 4.26. The number of benzene rings is 2. The van der Waals surface area contributed by atoms with E-state index in [1.54, 1.807) is 35.4 Å². The molecule has 1 unspecified atom stereocenters. The Morgan fingerprint density at radius 3 is 2.71 bits per heavy atom. The van der Waals surface area contributed by atoms with E-state index in [-0.39, 0.29) is 23.6 Å². The van der Waals surface area contributed by atoms with Crippen LogP contribution < -0.4 is 10.2 Å². The van der Waals surface area contributed by atoms with Crippen LogP contribution in [-0.4, -0.2) is 17.4 Å². The summed E-state index contributed by atoms with van der Waals surface area (Å²) in [5, 5.41) is 0.426. The van der Waals surface area contributed by atoms with Gasteiger partial charge in [-0.05, 0) is 60.4 Å². The predicted octanol–water partition coefficient (Wildman–Crippen LogP) is 6.32. The first-order chi connectivity index (χ1) is 16.4. The number of carbonyl (C=O) groups excluding carboxylic acids is 1. The minimum Gasteiger partial charge on any atom is -0.494 e. The van der Waals surface area contributed by atoms with E-state index in [4.69, 9.17) is 13.6 Å². The number of rotatable bonds is 7. The van der Waals surface area contributed by atoms with Crippen molar-refractivity contribution in [3.63, 3.8) is 0 Å². The van der Waals surface area contributed by atoms with Gasteiger partial charge in [-0.3, -0.25) is 9.59 Å². The molecule has 1 amide bonds. The average Bonchev–Trinajstić information content (AvgIpc) is 3.42. The van der Waals surface area contributed by atoms with Crippen LogP contribution in [0, 0.1) is 5.92 Å². The van der Waals surface area contributed by atoms with Crippen LogP contribution in [0.5, 0.6) is 5.75 Å². The number of ether oxygens (including phenoxy) is 1. The van der Waals surface area contributed by atoms with E-state index in [0.717, 1.165) is 16.5 Å². The summed E-state index contributed by atoms with van der Waals surface area (Å²) < 4.78 is 18.2. The zero-order valence-corrected chi connectivity index (χ0v) is 20.5. The second kappa shape index (κ2) is 9.14. The standard InChI is InChI=1S/C27H24BrNO5/c1-16(2)10-12-33-19-6-3-5-17(13-19)24-23-25(30)21-14-18(28)8-9-22(21)34-26(23)27(31)29(24)15-20-7-4-11-32-20/h3-9,11,13-14,16,24H,10,12,15H2,1-2H3. The lowest BCUT2D eigenvalue weighted by Gasteiger charge is -2.24. The maximum absolute atomic E-state index is 13.7. The van der Waals surface area contributed by atoms with Crippen LogP contribution in [-0.2, 0) is 6.54 Å². The van der Waals surface area contributed by atoms with Crippen molar-refractivity contribution in [3.05, 3.63) is 98.2 Å². The van der Waals surface area contributed by atoms with Gasteiger partial charge in [0, 0.05) is 4.47 Å². The van der Waals surface area contributed by atoms with Crippen LogP contribution in [0.25, 0.3) is 11.0 Å². The highest BCUT2D eigenvalue weighted by atomic mass is 79.9. The number of hydrogen-bond acceptors (Lipinski definition) is 5. The van der Waals surface area contributed by atoms with Crippen molar-refractivity contribution in [1.29, 1.82) is 0 Å². The summed E-state index contributed by atoms with van der Waals surface area (Å²) in [6.07, 6.45) is 2.50. The van der Waals surface area contributed by atoms with Crippen molar-refractivity contribution in [3.8, 4) is 5.75 Å². The molecule has 34 heavy (non-hydrogen) atoms. The third-order valence-electron chi connectivity index (χ3n) is 5.97. The third kappa shape index (κ3) is 4.16. The average molecular weight is 522 g/mol. The normalized spacial score (nSPS) is 15.4. The molecule has 1 aliphatic heterocycles. The Hall–Kier alpha value is -3.32. The zero-order valence-electron chi connectivity index (χ0n) is 18.9. The number of halogens is 1. The van der Waals surface area contributed by atoms with Crippen LogP contribution >= 0.6 is 15.9 Å². The van der Waals surface area contributed by atoms with Gasteiger partial charge in [0.2, 0.25) is 5.76 Å². The SMILES string of the molecule is CC(C)CCOc1cccc(C2c3c(oc4ccc(Br)cc4c3=O)C(=O)N2Cc2ccco2)c1. The number of nitrogens with zero attached hydrogens (tertiary/aromatic N) is 1. The Morgan fingerprint density at radius 1 is 1.09 bits per heavy atom. The summed E-state index contributed by atoms with van der Waals surface area (Å²) in [6.45, 7) is 5.10.